The Labute approximate surface area is 344 Å². The lowest BCUT2D eigenvalue weighted by Crippen LogP contribution is -2.29. The smallest absolute Gasteiger partial charge is 0.466 e. The second-order valence-electron chi connectivity index (χ2n) is 15.7. The van der Waals surface area contributed by atoms with E-state index in [1.54, 1.807) is 7.05 Å². The number of ether oxygens (including phenoxy) is 2. The van der Waals surface area contributed by atoms with Crippen molar-refractivity contribution in [2.75, 3.05) is 33.4 Å². The number of unbranched alkanes of at least 4 members (excludes halogenated alkanes) is 14. The van der Waals surface area contributed by atoms with Gasteiger partial charge in [0.2, 0.25) is 0 Å². The number of nitrogens with one attached hydrogen (secondary N) is 1. The zero-order valence-electron chi connectivity index (χ0n) is 36.5. The molecule has 0 aromatic carbocycles. The normalized spacial score (nSPS) is 13.2. The minimum Gasteiger partial charge on any atom is -0.466 e. The third-order valence-corrected chi connectivity index (χ3v) is 11.5. The van der Waals surface area contributed by atoms with Crippen LogP contribution in [0.15, 0.2) is 14.9 Å². The van der Waals surface area contributed by atoms with Crippen LogP contribution in [0, 0.1) is 20.8 Å². The largest absolute Gasteiger partial charge is 0.472 e. The van der Waals surface area contributed by atoms with E-state index in [0.29, 0.717) is 19.4 Å². The van der Waals surface area contributed by atoms with Gasteiger partial charge in [-0.05, 0) is 89.1 Å². The first-order chi connectivity index (χ1) is 27.5. The van der Waals surface area contributed by atoms with Crippen molar-refractivity contribution in [3.63, 3.8) is 0 Å². The molecule has 2 N–H and O–H groups in total. The summed E-state index contributed by atoms with van der Waals surface area (Å²) in [5, 5.41) is 2.82. The summed E-state index contributed by atoms with van der Waals surface area (Å²) in [6.07, 6.45) is 22.5. The highest BCUT2D eigenvalue weighted by Gasteiger charge is 2.26. The molecule has 0 aliphatic heterocycles. The van der Waals surface area contributed by atoms with Gasteiger partial charge in [0.25, 0.3) is 0 Å². The van der Waals surface area contributed by atoms with E-state index in [0.717, 1.165) is 113 Å². The third kappa shape index (κ3) is 23.1. The van der Waals surface area contributed by atoms with Gasteiger partial charge in [0, 0.05) is 45.1 Å². The van der Waals surface area contributed by atoms with Crippen molar-refractivity contribution < 1.29 is 46.4 Å². The van der Waals surface area contributed by atoms with E-state index in [4.69, 9.17) is 27.4 Å². The standard InChI is InChI=1S/C45H78NO10P/c1-7-9-20-27-42-37(4)38(5)43(56-42)28-22-17-14-15-19-24-30-45(48)55-40(35-53-57(49,50)52-32-31-46-6)34-51-44(47)29-23-18-13-11-10-12-16-21-26-41-36(3)33-39(54-41)25-8-2/h33,40,46H,7-32,34-35H2,1-6H3,(H,49,50)/t40-/m1/s1. The molecule has 0 spiro atoms. The summed E-state index contributed by atoms with van der Waals surface area (Å²) in [6.45, 7) is 10.5. The highest BCUT2D eigenvalue weighted by atomic mass is 31.2. The molecule has 0 bridgehead atoms. The van der Waals surface area contributed by atoms with E-state index < -0.39 is 32.5 Å². The highest BCUT2D eigenvalue weighted by molar-refractivity contribution is 7.47. The number of phosphoric acid groups is 1. The third-order valence-electron chi connectivity index (χ3n) is 10.5. The van der Waals surface area contributed by atoms with E-state index >= 15 is 0 Å². The summed E-state index contributed by atoms with van der Waals surface area (Å²) in [5.74, 6) is 3.65. The second-order valence-corrected chi connectivity index (χ2v) is 17.1. The molecule has 11 nitrogen and oxygen atoms in total. The number of carbonyl (C=O) groups is 2. The number of furan rings is 2. The molecule has 1 unspecified atom stereocenters. The number of phosphoric ester groups is 1. The van der Waals surface area contributed by atoms with Gasteiger partial charge in [0.05, 0.1) is 13.2 Å². The fraction of sp³-hybridized carbons (Fsp3) is 0.778. The number of esters is 2. The molecular weight excluding hydrogens is 745 g/mol. The van der Waals surface area contributed by atoms with Crippen molar-refractivity contribution >= 4 is 19.8 Å². The van der Waals surface area contributed by atoms with Crippen molar-refractivity contribution in [2.24, 2.45) is 0 Å². The molecule has 2 aromatic heterocycles. The number of likely N-dealkylation sites (N-methyl/N-ethyl adjacent to an activating group) is 1. The average Bonchev–Trinajstić information content (AvgIpc) is 3.67. The van der Waals surface area contributed by atoms with Crippen LogP contribution < -0.4 is 5.32 Å². The Morgan fingerprint density at radius 1 is 0.667 bits per heavy atom. The molecule has 0 fully saturated rings. The Morgan fingerprint density at radius 3 is 1.75 bits per heavy atom. The average molecular weight is 824 g/mol. The highest BCUT2D eigenvalue weighted by Crippen LogP contribution is 2.43. The fourth-order valence-corrected chi connectivity index (χ4v) is 7.67. The SMILES string of the molecule is CCCCCc1oc(CCCCCCCCC(=O)O[C@H](COC(=O)CCCCCCCCCCc2oc(CCC)cc2C)COP(=O)(O)OCCNC)c(C)c1C. The maximum absolute atomic E-state index is 12.7. The summed E-state index contributed by atoms with van der Waals surface area (Å²) in [6, 6.07) is 2.18. The van der Waals surface area contributed by atoms with Crippen LogP contribution in [0.25, 0.3) is 0 Å². The van der Waals surface area contributed by atoms with Gasteiger partial charge in [0.1, 0.15) is 29.6 Å². The molecule has 0 radical (unpaired) electrons. The van der Waals surface area contributed by atoms with E-state index in [9.17, 15) is 19.0 Å². The minimum atomic E-state index is -4.37. The molecule has 2 aromatic rings. The van der Waals surface area contributed by atoms with E-state index in [1.807, 2.05) is 0 Å². The molecule has 2 atom stereocenters. The summed E-state index contributed by atoms with van der Waals surface area (Å²) in [7, 11) is -2.68. The first-order valence-corrected chi connectivity index (χ1v) is 23.8. The zero-order valence-corrected chi connectivity index (χ0v) is 37.4. The molecule has 12 heteroatoms. The van der Waals surface area contributed by atoms with Crippen LogP contribution in [0.2, 0.25) is 0 Å². The van der Waals surface area contributed by atoms with E-state index in [1.165, 1.54) is 55.2 Å². The molecule has 2 heterocycles. The van der Waals surface area contributed by atoms with Crippen molar-refractivity contribution in [2.45, 2.75) is 195 Å². The van der Waals surface area contributed by atoms with Gasteiger partial charge >= 0.3 is 19.8 Å². The number of hydrogen-bond donors (Lipinski definition) is 2. The molecule has 0 aliphatic carbocycles. The lowest BCUT2D eigenvalue weighted by Gasteiger charge is -2.20. The van der Waals surface area contributed by atoms with Gasteiger partial charge < -0.3 is 28.5 Å². The van der Waals surface area contributed by atoms with Crippen molar-refractivity contribution in [3.05, 3.63) is 45.8 Å². The molecule has 0 aliphatic rings. The van der Waals surface area contributed by atoms with Gasteiger partial charge in [-0.2, -0.15) is 0 Å². The molecule has 57 heavy (non-hydrogen) atoms. The lowest BCUT2D eigenvalue weighted by molar-refractivity contribution is -0.161. The summed E-state index contributed by atoms with van der Waals surface area (Å²) >= 11 is 0. The van der Waals surface area contributed by atoms with Crippen molar-refractivity contribution in [3.8, 4) is 0 Å². The van der Waals surface area contributed by atoms with Gasteiger partial charge in [-0.25, -0.2) is 4.57 Å². The van der Waals surface area contributed by atoms with Crippen LogP contribution in [0.3, 0.4) is 0 Å². The van der Waals surface area contributed by atoms with Crippen LogP contribution in [0.1, 0.15) is 182 Å². The van der Waals surface area contributed by atoms with Gasteiger partial charge in [-0.3, -0.25) is 18.6 Å². The first kappa shape index (κ1) is 50.7. The topological polar surface area (TPSA) is 147 Å². The zero-order chi connectivity index (χ0) is 41.7. The monoisotopic (exact) mass is 824 g/mol. The lowest BCUT2D eigenvalue weighted by atomic mass is 10.0. The molecular formula is C45H78NO10P. The fourth-order valence-electron chi connectivity index (χ4n) is 6.91. The predicted octanol–water partition coefficient (Wildman–Crippen LogP) is 11.3. The Hall–Kier alpha value is -2.43. The number of rotatable bonds is 36. The van der Waals surface area contributed by atoms with E-state index in [-0.39, 0.29) is 26.1 Å². The molecule has 2 rings (SSSR count). The van der Waals surface area contributed by atoms with Crippen molar-refractivity contribution in [1.29, 1.82) is 0 Å². The Balaban J connectivity index is 1.62. The molecule has 0 amide bonds. The van der Waals surface area contributed by atoms with Crippen LogP contribution in [0.4, 0.5) is 0 Å². The predicted molar refractivity (Wildman–Crippen MR) is 227 cm³/mol. The maximum Gasteiger partial charge on any atom is 0.472 e. The first-order valence-electron chi connectivity index (χ1n) is 22.3. The molecule has 328 valence electrons. The van der Waals surface area contributed by atoms with Crippen molar-refractivity contribution in [1.82, 2.24) is 5.32 Å². The van der Waals surface area contributed by atoms with Gasteiger partial charge in [0.15, 0.2) is 6.10 Å². The van der Waals surface area contributed by atoms with Crippen LogP contribution in [0.5, 0.6) is 0 Å². The van der Waals surface area contributed by atoms with Crippen LogP contribution >= 0.6 is 7.82 Å². The number of carbonyl (C=O) groups excluding carboxylic acids is 2. The number of aryl methyl sites for hydroxylation is 5. The van der Waals surface area contributed by atoms with Crippen LogP contribution in [-0.4, -0.2) is 56.3 Å². The Kier molecular flexibility index (Phi) is 27.2. The summed E-state index contributed by atoms with van der Waals surface area (Å²) in [4.78, 5) is 35.3. The molecule has 0 saturated heterocycles. The molecule has 0 saturated carbocycles. The minimum absolute atomic E-state index is 0.0304. The summed E-state index contributed by atoms with van der Waals surface area (Å²) in [5.41, 5.74) is 3.87. The Bertz CT molecular complexity index is 1420. The second kappa shape index (κ2) is 30.6. The van der Waals surface area contributed by atoms with E-state index in [2.05, 4.69) is 46.0 Å². The van der Waals surface area contributed by atoms with Gasteiger partial charge in [-0.1, -0.05) is 90.9 Å². The maximum atomic E-state index is 12.7. The quantitative estimate of drug-likeness (QED) is 0.0384. The summed E-state index contributed by atoms with van der Waals surface area (Å²) < 4.78 is 45.5. The number of hydrogen-bond acceptors (Lipinski definition) is 10. The Morgan fingerprint density at radius 2 is 1.19 bits per heavy atom. The van der Waals surface area contributed by atoms with Gasteiger partial charge in [-0.15, -0.1) is 0 Å². The van der Waals surface area contributed by atoms with Crippen LogP contribution in [-0.2, 0) is 58.4 Å².